The number of nitrogens with zero attached hydrogens (tertiary/aromatic N) is 1. The highest BCUT2D eigenvalue weighted by atomic mass is 35.5. The van der Waals surface area contributed by atoms with Crippen LogP contribution in [0.2, 0.25) is 5.02 Å². The molecule has 1 amide bonds. The third kappa shape index (κ3) is 3.23. The third-order valence-corrected chi connectivity index (χ3v) is 4.42. The van der Waals surface area contributed by atoms with Crippen LogP contribution in [0.4, 0.5) is 0 Å². The highest BCUT2D eigenvalue weighted by molar-refractivity contribution is 8.26. The first kappa shape index (κ1) is 15.9. The molecule has 21 heavy (non-hydrogen) atoms. The molecule has 1 aliphatic heterocycles. The minimum absolute atomic E-state index is 0.129. The average Bonchev–Trinajstić information content (AvgIpc) is 2.70. The van der Waals surface area contributed by atoms with E-state index in [1.54, 1.807) is 24.3 Å². The molecular formula is C14H12ClNO3S2. The Morgan fingerprint density at radius 3 is 2.90 bits per heavy atom. The summed E-state index contributed by atoms with van der Waals surface area (Å²) in [6.45, 7) is 3.98. The summed E-state index contributed by atoms with van der Waals surface area (Å²) in [6.07, 6.45) is 3.28. The smallest absolute Gasteiger partial charge is 0.266 e. The van der Waals surface area contributed by atoms with Gasteiger partial charge in [0.05, 0.1) is 17.0 Å². The predicted octanol–water partition coefficient (Wildman–Crippen LogP) is 3.44. The first-order valence-electron chi connectivity index (χ1n) is 5.90. The van der Waals surface area contributed by atoms with Crippen LogP contribution in [-0.2, 0) is 4.79 Å². The molecule has 0 saturated carbocycles. The van der Waals surface area contributed by atoms with Crippen LogP contribution < -0.4 is 4.74 Å². The van der Waals surface area contributed by atoms with E-state index >= 15 is 0 Å². The second-order valence-corrected chi connectivity index (χ2v) is 6.22. The van der Waals surface area contributed by atoms with E-state index in [0.29, 0.717) is 21.3 Å². The van der Waals surface area contributed by atoms with Crippen molar-refractivity contribution >= 4 is 51.9 Å². The van der Waals surface area contributed by atoms with Gasteiger partial charge in [-0.25, -0.2) is 0 Å². The number of hydrogen-bond donors (Lipinski definition) is 1. The number of ether oxygens (including phenoxy) is 1. The van der Waals surface area contributed by atoms with Crippen molar-refractivity contribution in [1.82, 2.24) is 4.90 Å². The Hall–Kier alpha value is -1.50. The fraction of sp³-hybridized carbons (Fsp3) is 0.143. The van der Waals surface area contributed by atoms with Crippen molar-refractivity contribution < 1.29 is 14.6 Å². The zero-order chi connectivity index (χ0) is 15.6. The Bertz CT molecular complexity index is 658. The van der Waals surface area contributed by atoms with E-state index < -0.39 is 0 Å². The first-order valence-corrected chi connectivity index (χ1v) is 7.51. The lowest BCUT2D eigenvalue weighted by molar-refractivity contribution is -0.121. The van der Waals surface area contributed by atoms with E-state index in [1.165, 1.54) is 23.8 Å². The summed E-state index contributed by atoms with van der Waals surface area (Å²) in [4.78, 5) is 14.2. The molecule has 110 valence electrons. The molecular weight excluding hydrogens is 330 g/mol. The predicted molar refractivity (Wildman–Crippen MR) is 89.7 cm³/mol. The fourth-order valence-corrected chi connectivity index (χ4v) is 3.26. The van der Waals surface area contributed by atoms with E-state index in [1.807, 2.05) is 0 Å². The number of hydrogen-bond acceptors (Lipinski definition) is 5. The highest BCUT2D eigenvalue weighted by Crippen LogP contribution is 2.37. The summed E-state index contributed by atoms with van der Waals surface area (Å²) in [5.41, 5.74) is 0.647. The van der Waals surface area contributed by atoms with Gasteiger partial charge in [-0.05, 0) is 23.8 Å². The summed E-state index contributed by atoms with van der Waals surface area (Å²) >= 11 is 12.3. The normalized spacial score (nSPS) is 16.7. The van der Waals surface area contributed by atoms with Gasteiger partial charge in [0.15, 0.2) is 11.5 Å². The Morgan fingerprint density at radius 1 is 1.57 bits per heavy atom. The zero-order valence-electron chi connectivity index (χ0n) is 11.1. The number of phenolic OH excluding ortho intramolecular Hbond substituents is 1. The molecule has 1 heterocycles. The average molecular weight is 342 g/mol. The van der Waals surface area contributed by atoms with E-state index in [4.69, 9.17) is 28.6 Å². The largest absolute Gasteiger partial charge is 0.503 e. The molecule has 1 saturated heterocycles. The lowest BCUT2D eigenvalue weighted by Crippen LogP contribution is -2.27. The molecule has 0 aliphatic carbocycles. The molecule has 0 radical (unpaired) electrons. The van der Waals surface area contributed by atoms with Crippen molar-refractivity contribution in [3.05, 3.63) is 40.3 Å². The molecule has 1 aromatic carbocycles. The molecule has 4 nitrogen and oxygen atoms in total. The summed E-state index contributed by atoms with van der Waals surface area (Å²) in [7, 11) is 1.43. The quantitative estimate of drug-likeness (QED) is 0.516. The fourth-order valence-electron chi connectivity index (χ4n) is 1.77. The van der Waals surface area contributed by atoms with Crippen LogP contribution in [0, 0.1) is 0 Å². The zero-order valence-corrected chi connectivity index (χ0v) is 13.5. The summed E-state index contributed by atoms with van der Waals surface area (Å²) in [5.74, 6) is -0.0566. The van der Waals surface area contributed by atoms with Crippen molar-refractivity contribution in [2.45, 2.75) is 0 Å². The van der Waals surface area contributed by atoms with Gasteiger partial charge in [-0.2, -0.15) is 0 Å². The minimum atomic E-state index is -0.173. The summed E-state index contributed by atoms with van der Waals surface area (Å²) in [5, 5.41) is 9.85. The van der Waals surface area contributed by atoms with E-state index in [-0.39, 0.29) is 22.4 Å². The van der Waals surface area contributed by atoms with Crippen molar-refractivity contribution in [2.24, 2.45) is 0 Å². The number of thioether (sulfide) groups is 1. The van der Waals surface area contributed by atoms with Crippen LogP contribution >= 0.6 is 35.6 Å². The maximum absolute atomic E-state index is 12.2. The topological polar surface area (TPSA) is 49.8 Å². The number of thiocarbonyl (C=S) groups is 1. The van der Waals surface area contributed by atoms with Crippen molar-refractivity contribution in [2.75, 3.05) is 13.7 Å². The molecule has 0 atom stereocenters. The van der Waals surface area contributed by atoms with Gasteiger partial charge in [0.1, 0.15) is 4.32 Å². The number of methoxy groups -OCH3 is 1. The van der Waals surface area contributed by atoms with E-state index in [0.717, 1.165) is 0 Å². The van der Waals surface area contributed by atoms with E-state index in [2.05, 4.69) is 6.58 Å². The molecule has 1 aliphatic rings. The maximum atomic E-state index is 12.2. The third-order valence-electron chi connectivity index (χ3n) is 2.75. The van der Waals surface area contributed by atoms with Crippen LogP contribution in [0.5, 0.6) is 11.5 Å². The SMILES string of the molecule is C=CCN1C(=O)C(=Cc2cc(Cl)c(O)c(OC)c2)SC1=S. The maximum Gasteiger partial charge on any atom is 0.266 e. The van der Waals surface area contributed by atoms with Crippen molar-refractivity contribution in [1.29, 1.82) is 0 Å². The van der Waals surface area contributed by atoms with Crippen molar-refractivity contribution in [3.8, 4) is 11.5 Å². The number of benzene rings is 1. The lowest BCUT2D eigenvalue weighted by Gasteiger charge is -2.10. The molecule has 0 unspecified atom stereocenters. The Kier molecular flexibility index (Phi) is 4.92. The van der Waals surface area contributed by atoms with Gasteiger partial charge < -0.3 is 9.84 Å². The van der Waals surface area contributed by atoms with Crippen LogP contribution in [0.25, 0.3) is 6.08 Å². The molecule has 7 heteroatoms. The standard InChI is InChI=1S/C14H12ClNO3S2/c1-3-4-16-13(18)11(21-14(16)20)7-8-5-9(15)12(17)10(6-8)19-2/h3,5-7,17H,1,4H2,2H3. The van der Waals surface area contributed by atoms with Gasteiger partial charge >= 0.3 is 0 Å². The van der Waals surface area contributed by atoms with Gasteiger partial charge in [-0.15, -0.1) is 6.58 Å². The summed E-state index contributed by atoms with van der Waals surface area (Å²) < 4.78 is 5.52. The molecule has 0 aromatic heterocycles. The van der Waals surface area contributed by atoms with E-state index in [9.17, 15) is 9.90 Å². The first-order chi connectivity index (χ1) is 9.97. The molecule has 2 rings (SSSR count). The highest BCUT2D eigenvalue weighted by Gasteiger charge is 2.31. The van der Waals surface area contributed by atoms with Gasteiger partial charge in [0.2, 0.25) is 0 Å². The number of carbonyl (C=O) groups is 1. The van der Waals surface area contributed by atoms with Crippen LogP contribution in [-0.4, -0.2) is 33.9 Å². The number of rotatable bonds is 4. The molecule has 1 N–H and O–H groups in total. The second kappa shape index (κ2) is 6.51. The van der Waals surface area contributed by atoms with Gasteiger partial charge in [-0.1, -0.05) is 41.7 Å². The lowest BCUT2D eigenvalue weighted by atomic mass is 10.2. The summed E-state index contributed by atoms with van der Waals surface area (Å²) in [6, 6.07) is 3.15. The molecule has 1 fully saturated rings. The molecule has 0 spiro atoms. The Labute approximate surface area is 137 Å². The van der Waals surface area contributed by atoms with Gasteiger partial charge in [0.25, 0.3) is 5.91 Å². The molecule has 1 aromatic rings. The number of halogens is 1. The monoisotopic (exact) mass is 341 g/mol. The van der Waals surface area contributed by atoms with Crippen molar-refractivity contribution in [3.63, 3.8) is 0 Å². The molecule has 0 bridgehead atoms. The van der Waals surface area contributed by atoms with Crippen LogP contribution in [0.15, 0.2) is 29.7 Å². The van der Waals surface area contributed by atoms with Crippen LogP contribution in [0.3, 0.4) is 0 Å². The minimum Gasteiger partial charge on any atom is -0.503 e. The number of amides is 1. The Balaban J connectivity index is 2.37. The number of carbonyl (C=O) groups excluding carboxylic acids is 1. The number of aromatic hydroxyl groups is 1. The second-order valence-electron chi connectivity index (χ2n) is 4.13. The van der Waals surface area contributed by atoms with Gasteiger partial charge in [-0.3, -0.25) is 9.69 Å². The van der Waals surface area contributed by atoms with Crippen LogP contribution in [0.1, 0.15) is 5.56 Å². The van der Waals surface area contributed by atoms with Gasteiger partial charge in [0, 0.05) is 6.54 Å². The Morgan fingerprint density at radius 2 is 2.29 bits per heavy atom. The number of phenols is 1.